The van der Waals surface area contributed by atoms with Crippen LogP contribution in [-0.2, 0) is 24.3 Å². The second-order valence-corrected chi connectivity index (χ2v) is 9.39. The van der Waals surface area contributed by atoms with Crippen LogP contribution in [0.3, 0.4) is 0 Å². The Labute approximate surface area is 216 Å². The minimum atomic E-state index is -1.11. The molecule has 0 amide bonds. The van der Waals surface area contributed by atoms with Crippen molar-refractivity contribution in [2.45, 2.75) is 32.9 Å². The van der Waals surface area contributed by atoms with E-state index in [2.05, 4.69) is 10.1 Å². The molecule has 194 valence electrons. The molecule has 0 aliphatic carbocycles. The first-order chi connectivity index (χ1) is 18.4. The lowest BCUT2D eigenvalue weighted by Gasteiger charge is -2.16. The number of nitrogens with zero attached hydrogens (tertiary/aromatic N) is 2. The number of ether oxygens (including phenoxy) is 2. The monoisotopic (exact) mass is 517 g/mol. The van der Waals surface area contributed by atoms with E-state index in [-0.39, 0.29) is 11.5 Å². The van der Waals surface area contributed by atoms with Crippen molar-refractivity contribution in [1.29, 1.82) is 0 Å². The number of halogens is 2. The highest BCUT2D eigenvalue weighted by Crippen LogP contribution is 2.38. The molecule has 7 nitrogen and oxygen atoms in total. The summed E-state index contributed by atoms with van der Waals surface area (Å²) in [4.78, 5) is 15.2. The van der Waals surface area contributed by atoms with Gasteiger partial charge in [0.2, 0.25) is 0 Å². The molecule has 2 N–H and O–H groups in total. The van der Waals surface area contributed by atoms with Crippen molar-refractivity contribution in [1.82, 2.24) is 14.8 Å². The van der Waals surface area contributed by atoms with E-state index in [1.54, 1.807) is 18.2 Å². The summed E-state index contributed by atoms with van der Waals surface area (Å²) in [5.41, 5.74) is 3.42. The highest BCUT2D eigenvalue weighted by molar-refractivity contribution is 6.03. The molecule has 5 aromatic rings. The summed E-state index contributed by atoms with van der Waals surface area (Å²) in [7, 11) is 0. The first-order valence-electron chi connectivity index (χ1n) is 12.4. The third-order valence-corrected chi connectivity index (χ3v) is 7.05. The van der Waals surface area contributed by atoms with E-state index in [9.17, 15) is 14.3 Å². The zero-order valence-corrected chi connectivity index (χ0v) is 20.7. The number of benzene rings is 3. The molecule has 9 heteroatoms. The molecule has 38 heavy (non-hydrogen) atoms. The molecule has 0 atom stereocenters. The minimum Gasteiger partial charge on any atom is -0.493 e. The Balaban J connectivity index is 1.32. The van der Waals surface area contributed by atoms with Gasteiger partial charge in [-0.2, -0.15) is 5.10 Å². The number of carboxylic acids is 1. The number of hydrogen-bond donors (Lipinski definition) is 2. The Morgan fingerprint density at radius 2 is 2.00 bits per heavy atom. The van der Waals surface area contributed by atoms with Crippen LogP contribution in [0.4, 0.5) is 8.78 Å². The molecule has 0 fully saturated rings. The van der Waals surface area contributed by atoms with Gasteiger partial charge in [0.05, 0.1) is 43.3 Å². The quantitative estimate of drug-likeness (QED) is 0.258. The molecule has 0 unspecified atom stereocenters. The second-order valence-electron chi connectivity index (χ2n) is 9.39. The second kappa shape index (κ2) is 9.57. The van der Waals surface area contributed by atoms with Gasteiger partial charge in [-0.3, -0.25) is 4.68 Å². The SMILES string of the molecule is Cc1nn2c(c1-c1c(F)ccc3c(CCCOc4cccc5cc(F)ccc45)c(C(=O)O)[nH]c13)COCC2. The largest absolute Gasteiger partial charge is 0.493 e. The zero-order chi connectivity index (χ0) is 26.4. The number of rotatable bonds is 7. The Hall–Kier alpha value is -4.24. The van der Waals surface area contributed by atoms with Gasteiger partial charge in [-0.25, -0.2) is 13.6 Å². The lowest BCUT2D eigenvalue weighted by molar-refractivity contribution is 0.0690. The van der Waals surface area contributed by atoms with Crippen LogP contribution in [0.15, 0.2) is 48.5 Å². The lowest BCUT2D eigenvalue weighted by Crippen LogP contribution is -2.17. The number of aromatic carboxylic acids is 1. The van der Waals surface area contributed by atoms with Crippen LogP contribution in [-0.4, -0.2) is 39.1 Å². The smallest absolute Gasteiger partial charge is 0.352 e. The highest BCUT2D eigenvalue weighted by atomic mass is 19.1. The number of carbonyl (C=O) groups is 1. The fraction of sp³-hybridized carbons (Fsp3) is 0.241. The topological polar surface area (TPSA) is 89.4 Å². The van der Waals surface area contributed by atoms with Crippen molar-refractivity contribution in [3.63, 3.8) is 0 Å². The van der Waals surface area contributed by atoms with E-state index < -0.39 is 11.8 Å². The maximum absolute atomic E-state index is 15.3. The van der Waals surface area contributed by atoms with Crippen LogP contribution >= 0.6 is 0 Å². The van der Waals surface area contributed by atoms with Crippen molar-refractivity contribution in [3.05, 3.63) is 82.8 Å². The van der Waals surface area contributed by atoms with Crippen molar-refractivity contribution in [3.8, 4) is 16.9 Å². The van der Waals surface area contributed by atoms with Crippen molar-refractivity contribution >= 4 is 27.6 Å². The average Bonchev–Trinajstić information content (AvgIpc) is 3.43. The number of H-pyrrole nitrogens is 1. The van der Waals surface area contributed by atoms with Gasteiger partial charge in [-0.05, 0) is 67.1 Å². The standard InChI is InChI=1S/C29H25F2N3O4/c1-16-25(23-15-37-13-11-34(23)33-16)26-22(31)10-9-21-20(28(29(35)36)32-27(21)26)5-3-12-38-24-6-2-4-17-14-18(30)7-8-19(17)24/h2,4,6-10,14,32H,3,5,11-13,15H2,1H3,(H,35,36). The van der Waals surface area contributed by atoms with Gasteiger partial charge in [-0.15, -0.1) is 0 Å². The van der Waals surface area contributed by atoms with Crippen molar-refractivity contribution < 1.29 is 28.2 Å². The molecule has 3 heterocycles. The normalized spacial score (nSPS) is 13.2. The number of aromatic nitrogens is 3. The van der Waals surface area contributed by atoms with Gasteiger partial charge in [0.1, 0.15) is 23.1 Å². The Kier molecular flexibility index (Phi) is 6.07. The third-order valence-electron chi connectivity index (χ3n) is 7.05. The van der Waals surface area contributed by atoms with Gasteiger partial charge >= 0.3 is 5.97 Å². The van der Waals surface area contributed by atoms with E-state index in [4.69, 9.17) is 9.47 Å². The van der Waals surface area contributed by atoms with Crippen molar-refractivity contribution in [2.75, 3.05) is 13.2 Å². The molecule has 0 bridgehead atoms. The molecule has 1 aliphatic heterocycles. The first-order valence-corrected chi connectivity index (χ1v) is 12.4. The molecule has 0 spiro atoms. The number of carboxylic acid groups (broad SMARTS) is 1. The fourth-order valence-corrected chi connectivity index (χ4v) is 5.37. The molecular formula is C29H25F2N3O4. The van der Waals surface area contributed by atoms with Crippen LogP contribution in [0, 0.1) is 18.6 Å². The number of hydrogen-bond acceptors (Lipinski definition) is 4. The summed E-state index contributed by atoms with van der Waals surface area (Å²) in [6.45, 7) is 3.57. The maximum Gasteiger partial charge on any atom is 0.352 e. The zero-order valence-electron chi connectivity index (χ0n) is 20.7. The predicted molar refractivity (Wildman–Crippen MR) is 139 cm³/mol. The Morgan fingerprint density at radius 1 is 1.16 bits per heavy atom. The van der Waals surface area contributed by atoms with Gasteiger partial charge in [0.15, 0.2) is 0 Å². The number of aromatic amines is 1. The van der Waals surface area contributed by atoms with E-state index in [0.717, 1.165) is 16.5 Å². The third kappa shape index (κ3) is 4.09. The Morgan fingerprint density at radius 3 is 2.84 bits per heavy atom. The summed E-state index contributed by atoms with van der Waals surface area (Å²) >= 11 is 0. The van der Waals surface area contributed by atoms with Crippen LogP contribution in [0.1, 0.15) is 33.9 Å². The molecule has 3 aromatic carbocycles. The van der Waals surface area contributed by atoms with Crippen LogP contribution in [0.25, 0.3) is 32.8 Å². The van der Waals surface area contributed by atoms with E-state index in [0.29, 0.717) is 78.2 Å². The van der Waals surface area contributed by atoms with Gasteiger partial charge in [-0.1, -0.05) is 12.1 Å². The summed E-state index contributed by atoms with van der Waals surface area (Å²) in [5, 5.41) is 16.7. The summed E-state index contributed by atoms with van der Waals surface area (Å²) in [6, 6.07) is 13.0. The molecule has 0 saturated heterocycles. The summed E-state index contributed by atoms with van der Waals surface area (Å²) in [6.07, 6.45) is 0.924. The minimum absolute atomic E-state index is 0.0300. The van der Waals surface area contributed by atoms with Gasteiger partial charge in [0.25, 0.3) is 0 Å². The van der Waals surface area contributed by atoms with Gasteiger partial charge in [0, 0.05) is 21.9 Å². The molecule has 0 radical (unpaired) electrons. The molecular weight excluding hydrogens is 492 g/mol. The number of aryl methyl sites for hydroxylation is 2. The highest BCUT2D eigenvalue weighted by Gasteiger charge is 2.27. The molecule has 0 saturated carbocycles. The molecule has 2 aromatic heterocycles. The van der Waals surface area contributed by atoms with E-state index in [1.165, 1.54) is 18.2 Å². The summed E-state index contributed by atoms with van der Waals surface area (Å²) in [5.74, 6) is -1.25. The number of fused-ring (bicyclic) bond motifs is 3. The van der Waals surface area contributed by atoms with Crippen LogP contribution in [0.5, 0.6) is 5.75 Å². The lowest BCUT2D eigenvalue weighted by atomic mass is 9.97. The van der Waals surface area contributed by atoms with E-state index in [1.807, 2.05) is 23.7 Å². The maximum atomic E-state index is 15.3. The fourth-order valence-electron chi connectivity index (χ4n) is 5.37. The summed E-state index contributed by atoms with van der Waals surface area (Å²) < 4.78 is 42.3. The molecule has 1 aliphatic rings. The van der Waals surface area contributed by atoms with E-state index >= 15 is 4.39 Å². The first kappa shape index (κ1) is 24.1. The molecule has 6 rings (SSSR count). The average molecular weight is 518 g/mol. The van der Waals surface area contributed by atoms with Crippen LogP contribution < -0.4 is 4.74 Å². The number of nitrogens with one attached hydrogen (secondary N) is 1. The van der Waals surface area contributed by atoms with Crippen molar-refractivity contribution in [2.24, 2.45) is 0 Å². The predicted octanol–water partition coefficient (Wildman–Crippen LogP) is 6.01. The Bertz CT molecular complexity index is 1710. The van der Waals surface area contributed by atoms with Gasteiger partial charge < -0.3 is 19.6 Å². The van der Waals surface area contributed by atoms with Crippen LogP contribution in [0.2, 0.25) is 0 Å².